The second-order valence-corrected chi connectivity index (χ2v) is 10.6. The zero-order valence-corrected chi connectivity index (χ0v) is 21.0. The van der Waals surface area contributed by atoms with Crippen LogP contribution in [0.3, 0.4) is 0 Å². The number of benzene rings is 3. The molecule has 0 radical (unpaired) electrons. The predicted octanol–water partition coefficient (Wildman–Crippen LogP) is 5.33. The maximum absolute atomic E-state index is 13.6. The molecule has 0 spiro atoms. The van der Waals surface area contributed by atoms with Crippen molar-refractivity contribution in [1.82, 2.24) is 10.1 Å². The third-order valence-electron chi connectivity index (χ3n) is 7.87. The predicted molar refractivity (Wildman–Crippen MR) is 136 cm³/mol. The maximum Gasteiger partial charge on any atom is 0.282 e. The van der Waals surface area contributed by atoms with Gasteiger partial charge in [-0.15, -0.1) is 0 Å². The number of piperidine rings is 3. The van der Waals surface area contributed by atoms with Gasteiger partial charge in [-0.05, 0) is 23.3 Å². The Bertz CT molecular complexity index is 1330. The summed E-state index contributed by atoms with van der Waals surface area (Å²) in [4.78, 5) is 4.73. The molecule has 3 fully saturated rings. The van der Waals surface area contributed by atoms with E-state index in [0.29, 0.717) is 35.2 Å². The third kappa shape index (κ3) is 4.52. The Balaban J connectivity index is 1.25. The first-order valence-electron chi connectivity index (χ1n) is 12.6. The van der Waals surface area contributed by atoms with Crippen LogP contribution in [0.2, 0.25) is 5.02 Å². The molecule has 3 saturated heterocycles. The fraction of sp³-hybridized carbons (Fsp3) is 0.310. The van der Waals surface area contributed by atoms with Crippen molar-refractivity contribution < 1.29 is 23.2 Å². The molecule has 4 heterocycles. The highest BCUT2D eigenvalue weighted by atomic mass is 35.5. The van der Waals surface area contributed by atoms with Gasteiger partial charge in [0.05, 0.1) is 18.1 Å². The van der Waals surface area contributed by atoms with E-state index in [4.69, 9.17) is 25.8 Å². The van der Waals surface area contributed by atoms with Crippen molar-refractivity contribution in [3.8, 4) is 5.75 Å². The average molecular weight is 521 g/mol. The molecule has 1 N–H and O–H groups in total. The molecular weight excluding hydrogens is 493 g/mol. The van der Waals surface area contributed by atoms with Crippen molar-refractivity contribution in [2.75, 3.05) is 19.6 Å². The summed E-state index contributed by atoms with van der Waals surface area (Å²) in [5, 5.41) is 16.3. The van der Waals surface area contributed by atoms with Crippen LogP contribution in [-0.4, -0.2) is 45.5 Å². The molecule has 3 aliphatic heterocycles. The van der Waals surface area contributed by atoms with E-state index in [2.05, 4.69) is 5.16 Å². The first kappa shape index (κ1) is 24.1. The van der Waals surface area contributed by atoms with Crippen LogP contribution in [-0.2, 0) is 12.1 Å². The molecule has 7 rings (SSSR count). The van der Waals surface area contributed by atoms with E-state index >= 15 is 0 Å². The quantitative estimate of drug-likeness (QED) is 0.333. The lowest BCUT2D eigenvalue weighted by Gasteiger charge is -2.51. The van der Waals surface area contributed by atoms with E-state index < -0.39 is 11.4 Å². The summed E-state index contributed by atoms with van der Waals surface area (Å²) in [5.74, 6) is 1.29. The molecule has 2 bridgehead atoms. The van der Waals surface area contributed by atoms with Crippen molar-refractivity contribution in [2.45, 2.75) is 31.1 Å². The van der Waals surface area contributed by atoms with Gasteiger partial charge in [0, 0.05) is 24.8 Å². The smallest absolute Gasteiger partial charge is 0.282 e. The molecule has 1 aromatic heterocycles. The molecule has 0 amide bonds. The monoisotopic (exact) mass is 520 g/mol. The molecule has 3 aliphatic rings. The van der Waals surface area contributed by atoms with Gasteiger partial charge in [0.2, 0.25) is 5.82 Å². The lowest BCUT2D eigenvalue weighted by atomic mass is 9.83. The molecule has 1 atom stereocenters. The molecule has 190 valence electrons. The number of hydrogen-bond acceptors (Lipinski definition) is 5. The van der Waals surface area contributed by atoms with Crippen molar-refractivity contribution in [1.29, 1.82) is 0 Å². The van der Waals surface area contributed by atoms with Gasteiger partial charge >= 0.3 is 0 Å². The summed E-state index contributed by atoms with van der Waals surface area (Å²) < 4.78 is 26.4. The Morgan fingerprint density at radius 2 is 1.65 bits per heavy atom. The van der Waals surface area contributed by atoms with Gasteiger partial charge in [0.25, 0.3) is 5.89 Å². The minimum atomic E-state index is -1.54. The molecular formula is C29H28ClFN3O3+. The number of quaternary nitrogens is 1. The summed E-state index contributed by atoms with van der Waals surface area (Å²) in [7, 11) is 0. The Labute approximate surface area is 219 Å². The van der Waals surface area contributed by atoms with Crippen molar-refractivity contribution in [3.05, 3.63) is 113 Å². The largest absolute Gasteiger partial charge is 0.484 e. The summed E-state index contributed by atoms with van der Waals surface area (Å²) >= 11 is 5.97. The first-order valence-corrected chi connectivity index (χ1v) is 13.0. The Hall–Kier alpha value is -3.26. The van der Waals surface area contributed by atoms with Crippen LogP contribution in [0, 0.1) is 11.7 Å². The Morgan fingerprint density at radius 3 is 2.27 bits per heavy atom. The highest BCUT2D eigenvalue weighted by Gasteiger charge is 2.48. The Kier molecular flexibility index (Phi) is 6.23. The van der Waals surface area contributed by atoms with Gasteiger partial charge in [-0.3, -0.25) is 0 Å². The van der Waals surface area contributed by atoms with E-state index in [9.17, 15) is 9.50 Å². The zero-order valence-electron chi connectivity index (χ0n) is 20.3. The number of fused-ring (bicyclic) bond motifs is 3. The summed E-state index contributed by atoms with van der Waals surface area (Å²) in [6.45, 7) is 3.34. The zero-order chi connectivity index (χ0) is 25.5. The van der Waals surface area contributed by atoms with Gasteiger partial charge in [-0.25, -0.2) is 4.39 Å². The van der Waals surface area contributed by atoms with Gasteiger partial charge in [-0.1, -0.05) is 77.4 Å². The molecule has 37 heavy (non-hydrogen) atoms. The normalized spacial score (nSPS) is 23.2. The standard InChI is InChI=1S/C29H28ClFN3O3/c30-24-17-23(11-12-25(24)31)36-26-18-34(15-13-20(26)14-16-34)19-27-32-28(33-37-27)29(35,21-7-3-1-4-8-21)22-9-5-2-6-10-22/h1-12,17,20,26,35H,13-16,18-19H2/q+1/t20?,26-,34?/m0/s1. The SMILES string of the molecule is OC(c1ccccc1)(c1ccccc1)c1noc(C[N+]23CCC(CC2)[C@@H](Oc2ccc(F)c(Cl)c2)C3)n1. The maximum atomic E-state index is 13.6. The van der Waals surface area contributed by atoms with Gasteiger partial charge < -0.3 is 18.8 Å². The van der Waals surface area contributed by atoms with Crippen LogP contribution in [0.4, 0.5) is 4.39 Å². The summed E-state index contributed by atoms with van der Waals surface area (Å²) in [6, 6.07) is 23.3. The van der Waals surface area contributed by atoms with E-state index in [1.54, 1.807) is 6.07 Å². The van der Waals surface area contributed by atoms with E-state index in [1.807, 2.05) is 60.7 Å². The topological polar surface area (TPSA) is 68.4 Å². The van der Waals surface area contributed by atoms with Crippen LogP contribution in [0.15, 0.2) is 83.4 Å². The van der Waals surface area contributed by atoms with Crippen LogP contribution >= 0.6 is 11.6 Å². The Morgan fingerprint density at radius 1 is 1.00 bits per heavy atom. The van der Waals surface area contributed by atoms with Crippen LogP contribution in [0.25, 0.3) is 0 Å². The second-order valence-electron chi connectivity index (χ2n) is 10.2. The third-order valence-corrected chi connectivity index (χ3v) is 8.16. The first-order chi connectivity index (χ1) is 18.0. The number of rotatable bonds is 7. The number of aromatic nitrogens is 2. The molecule has 0 unspecified atom stereocenters. The number of halogens is 2. The fourth-order valence-corrected chi connectivity index (χ4v) is 6.01. The van der Waals surface area contributed by atoms with Crippen LogP contribution in [0.5, 0.6) is 5.75 Å². The van der Waals surface area contributed by atoms with E-state index in [-0.39, 0.29) is 17.0 Å². The van der Waals surface area contributed by atoms with E-state index in [1.165, 1.54) is 12.1 Å². The van der Waals surface area contributed by atoms with Crippen molar-refractivity contribution >= 4 is 11.6 Å². The van der Waals surface area contributed by atoms with Crippen molar-refractivity contribution in [3.63, 3.8) is 0 Å². The van der Waals surface area contributed by atoms with Gasteiger partial charge in [0.15, 0.2) is 18.2 Å². The molecule has 0 aliphatic carbocycles. The highest BCUT2D eigenvalue weighted by molar-refractivity contribution is 6.30. The van der Waals surface area contributed by atoms with Crippen LogP contribution in [0.1, 0.15) is 35.7 Å². The summed E-state index contributed by atoms with van der Waals surface area (Å²) in [5.41, 5.74) is -0.191. The molecule has 3 aromatic carbocycles. The second kappa shape index (κ2) is 9.56. The lowest BCUT2D eigenvalue weighted by molar-refractivity contribution is -0.959. The minimum Gasteiger partial charge on any atom is -0.484 e. The molecule has 4 aromatic rings. The number of aliphatic hydroxyl groups is 1. The minimum absolute atomic E-state index is 0.00279. The molecule has 8 heteroatoms. The molecule has 6 nitrogen and oxygen atoms in total. The van der Waals surface area contributed by atoms with Gasteiger partial charge in [-0.2, -0.15) is 4.98 Å². The lowest BCUT2D eigenvalue weighted by Crippen LogP contribution is -2.64. The van der Waals surface area contributed by atoms with Gasteiger partial charge in [0.1, 0.15) is 18.1 Å². The number of nitrogens with zero attached hydrogens (tertiary/aromatic N) is 3. The summed E-state index contributed by atoms with van der Waals surface area (Å²) in [6.07, 6.45) is 2.05. The fourth-order valence-electron chi connectivity index (χ4n) is 5.84. The number of hydrogen-bond donors (Lipinski definition) is 1. The average Bonchev–Trinajstić information content (AvgIpc) is 3.40. The van der Waals surface area contributed by atoms with Crippen molar-refractivity contribution in [2.24, 2.45) is 5.92 Å². The molecule has 0 saturated carbocycles. The van der Waals surface area contributed by atoms with E-state index in [0.717, 1.165) is 37.0 Å². The van der Waals surface area contributed by atoms with Crippen LogP contribution < -0.4 is 4.74 Å². The highest BCUT2D eigenvalue weighted by Crippen LogP contribution is 2.39. The number of ether oxygens (including phenoxy) is 1.